The topological polar surface area (TPSA) is 78.3 Å². The van der Waals surface area contributed by atoms with Gasteiger partial charge in [0.05, 0.1) is 10.6 Å². The second-order valence-electron chi connectivity index (χ2n) is 7.85. The molecule has 1 N–H and O–H groups in total. The highest BCUT2D eigenvalue weighted by Crippen LogP contribution is 2.38. The SMILES string of the molecule is CC[C@@H]1CCc2sc(-c3nnc(SCC(=O)Nc4ccc5c(c4)OCO5)n3C)cc2C1. The number of benzene rings is 1. The Morgan fingerprint density at radius 2 is 2.16 bits per heavy atom. The van der Waals surface area contributed by atoms with Crippen LogP contribution in [0, 0.1) is 5.92 Å². The number of hydrogen-bond acceptors (Lipinski definition) is 7. The molecule has 2 aliphatic rings. The number of carbonyl (C=O) groups is 1. The molecule has 1 aliphatic heterocycles. The van der Waals surface area contributed by atoms with Crippen molar-refractivity contribution in [3.63, 3.8) is 0 Å². The minimum absolute atomic E-state index is 0.106. The first kappa shape index (κ1) is 20.4. The van der Waals surface area contributed by atoms with Gasteiger partial charge in [0.1, 0.15) is 0 Å². The van der Waals surface area contributed by atoms with Crippen molar-refractivity contribution in [1.29, 1.82) is 0 Å². The maximum atomic E-state index is 12.4. The molecule has 3 heterocycles. The second kappa shape index (κ2) is 8.55. The summed E-state index contributed by atoms with van der Waals surface area (Å²) >= 11 is 3.21. The molecule has 1 aliphatic carbocycles. The van der Waals surface area contributed by atoms with E-state index in [1.807, 2.05) is 23.0 Å². The molecule has 0 fully saturated rings. The van der Waals surface area contributed by atoms with Gasteiger partial charge in [0, 0.05) is 23.7 Å². The van der Waals surface area contributed by atoms with Crippen molar-refractivity contribution >= 4 is 34.7 Å². The fourth-order valence-corrected chi connectivity index (χ4v) is 5.95. The van der Waals surface area contributed by atoms with Crippen LogP contribution >= 0.6 is 23.1 Å². The van der Waals surface area contributed by atoms with E-state index in [0.717, 1.165) is 28.2 Å². The summed E-state index contributed by atoms with van der Waals surface area (Å²) in [7, 11) is 1.96. The highest BCUT2D eigenvalue weighted by molar-refractivity contribution is 7.99. The number of ether oxygens (including phenoxy) is 2. The van der Waals surface area contributed by atoms with E-state index in [0.29, 0.717) is 17.2 Å². The van der Waals surface area contributed by atoms with Crippen molar-refractivity contribution in [2.24, 2.45) is 13.0 Å². The molecular formula is C22H24N4O3S2. The van der Waals surface area contributed by atoms with E-state index >= 15 is 0 Å². The lowest BCUT2D eigenvalue weighted by Crippen LogP contribution is -2.14. The molecule has 2 aromatic heterocycles. The average molecular weight is 457 g/mol. The number of hydrogen-bond donors (Lipinski definition) is 1. The lowest BCUT2D eigenvalue weighted by molar-refractivity contribution is -0.113. The third-order valence-electron chi connectivity index (χ3n) is 5.81. The number of anilines is 1. The van der Waals surface area contributed by atoms with Crippen LogP contribution in [0.1, 0.15) is 30.2 Å². The minimum atomic E-state index is -0.106. The number of rotatable bonds is 6. The number of aromatic nitrogens is 3. The van der Waals surface area contributed by atoms with E-state index in [1.54, 1.807) is 18.2 Å². The lowest BCUT2D eigenvalue weighted by Gasteiger charge is -2.19. The Hall–Kier alpha value is -2.52. The van der Waals surface area contributed by atoms with Gasteiger partial charge in [0.15, 0.2) is 22.5 Å². The number of nitrogens with one attached hydrogen (secondary N) is 1. The van der Waals surface area contributed by atoms with Crippen molar-refractivity contribution in [3.8, 4) is 22.2 Å². The summed E-state index contributed by atoms with van der Waals surface area (Å²) in [6, 6.07) is 7.65. The number of carbonyl (C=O) groups excluding carboxylic acids is 1. The Kier molecular flexibility index (Phi) is 5.62. The van der Waals surface area contributed by atoms with Crippen LogP contribution in [-0.2, 0) is 24.7 Å². The summed E-state index contributed by atoms with van der Waals surface area (Å²) < 4.78 is 12.6. The summed E-state index contributed by atoms with van der Waals surface area (Å²) in [5, 5.41) is 12.4. The van der Waals surface area contributed by atoms with Gasteiger partial charge < -0.3 is 19.4 Å². The van der Waals surface area contributed by atoms with Crippen molar-refractivity contribution in [1.82, 2.24) is 14.8 Å². The van der Waals surface area contributed by atoms with Gasteiger partial charge in [-0.1, -0.05) is 25.1 Å². The molecule has 0 saturated carbocycles. The quantitative estimate of drug-likeness (QED) is 0.550. The number of thiophene rings is 1. The first-order valence-electron chi connectivity index (χ1n) is 10.4. The highest BCUT2D eigenvalue weighted by atomic mass is 32.2. The van der Waals surface area contributed by atoms with E-state index in [-0.39, 0.29) is 18.5 Å². The van der Waals surface area contributed by atoms with Crippen LogP contribution in [0.25, 0.3) is 10.7 Å². The van der Waals surface area contributed by atoms with Gasteiger partial charge >= 0.3 is 0 Å². The molecule has 0 unspecified atom stereocenters. The molecule has 0 bridgehead atoms. The maximum Gasteiger partial charge on any atom is 0.234 e. The largest absolute Gasteiger partial charge is 0.454 e. The van der Waals surface area contributed by atoms with E-state index in [2.05, 4.69) is 28.5 Å². The summed E-state index contributed by atoms with van der Waals surface area (Å²) in [4.78, 5) is 15.1. The van der Waals surface area contributed by atoms with Crippen LogP contribution in [0.4, 0.5) is 5.69 Å². The van der Waals surface area contributed by atoms with Gasteiger partial charge in [0.25, 0.3) is 0 Å². The highest BCUT2D eigenvalue weighted by Gasteiger charge is 2.23. The van der Waals surface area contributed by atoms with Gasteiger partial charge in [-0.25, -0.2) is 0 Å². The van der Waals surface area contributed by atoms with Gasteiger partial charge in [0.2, 0.25) is 12.7 Å². The molecule has 0 radical (unpaired) electrons. The zero-order chi connectivity index (χ0) is 21.4. The van der Waals surface area contributed by atoms with Crippen molar-refractivity contribution < 1.29 is 14.3 Å². The molecule has 3 aromatic rings. The van der Waals surface area contributed by atoms with Crippen LogP contribution in [0.5, 0.6) is 11.5 Å². The van der Waals surface area contributed by atoms with Crippen LogP contribution in [0.3, 0.4) is 0 Å². The Labute approximate surface area is 189 Å². The summed E-state index contributed by atoms with van der Waals surface area (Å²) in [5.74, 6) is 3.15. The molecule has 31 heavy (non-hydrogen) atoms. The van der Waals surface area contributed by atoms with Gasteiger partial charge in [-0.2, -0.15) is 0 Å². The van der Waals surface area contributed by atoms with Gasteiger partial charge in [-0.3, -0.25) is 4.79 Å². The summed E-state index contributed by atoms with van der Waals surface area (Å²) in [6.45, 7) is 2.49. The zero-order valence-electron chi connectivity index (χ0n) is 17.5. The number of thioether (sulfide) groups is 1. The fourth-order valence-electron chi connectivity index (χ4n) is 4.01. The van der Waals surface area contributed by atoms with E-state index in [4.69, 9.17) is 9.47 Å². The minimum Gasteiger partial charge on any atom is -0.454 e. The molecular weight excluding hydrogens is 432 g/mol. The fraction of sp³-hybridized carbons (Fsp3) is 0.409. The van der Waals surface area contributed by atoms with Crippen LogP contribution < -0.4 is 14.8 Å². The number of nitrogens with zero attached hydrogens (tertiary/aromatic N) is 3. The molecule has 162 valence electrons. The smallest absolute Gasteiger partial charge is 0.234 e. The van der Waals surface area contributed by atoms with Crippen molar-refractivity contribution in [3.05, 3.63) is 34.7 Å². The predicted molar refractivity (Wildman–Crippen MR) is 122 cm³/mol. The van der Waals surface area contributed by atoms with E-state index in [9.17, 15) is 4.79 Å². The second-order valence-corrected chi connectivity index (χ2v) is 9.93. The molecule has 0 saturated heterocycles. The van der Waals surface area contributed by atoms with Crippen molar-refractivity contribution in [2.75, 3.05) is 17.9 Å². The van der Waals surface area contributed by atoms with Gasteiger partial charge in [-0.15, -0.1) is 21.5 Å². The first-order chi connectivity index (χ1) is 15.1. The lowest BCUT2D eigenvalue weighted by atomic mass is 9.87. The van der Waals surface area contributed by atoms with Gasteiger partial charge in [-0.05, 0) is 48.9 Å². The Bertz CT molecular complexity index is 1120. The predicted octanol–water partition coefficient (Wildman–Crippen LogP) is 4.52. The number of fused-ring (bicyclic) bond motifs is 2. The zero-order valence-corrected chi connectivity index (χ0v) is 19.1. The third-order valence-corrected chi connectivity index (χ3v) is 8.06. The monoisotopic (exact) mass is 456 g/mol. The molecule has 0 spiro atoms. The molecule has 1 atom stereocenters. The molecule has 5 rings (SSSR count). The van der Waals surface area contributed by atoms with Crippen LogP contribution in [-0.4, -0.2) is 33.2 Å². The molecule has 7 nitrogen and oxygen atoms in total. The first-order valence-corrected chi connectivity index (χ1v) is 12.2. The van der Waals surface area contributed by atoms with E-state index in [1.165, 1.54) is 41.5 Å². The average Bonchev–Trinajstić information content (AvgIpc) is 3.49. The molecule has 1 amide bonds. The van der Waals surface area contributed by atoms with E-state index < -0.39 is 0 Å². The third kappa shape index (κ3) is 4.16. The molecule has 9 heteroatoms. The van der Waals surface area contributed by atoms with Crippen LogP contribution in [0.15, 0.2) is 29.4 Å². The maximum absolute atomic E-state index is 12.4. The summed E-state index contributed by atoms with van der Waals surface area (Å²) in [5.41, 5.74) is 2.15. The molecule has 1 aromatic carbocycles. The Morgan fingerprint density at radius 1 is 1.29 bits per heavy atom. The normalized spacial score (nSPS) is 16.9. The number of amides is 1. The van der Waals surface area contributed by atoms with Crippen LogP contribution in [0.2, 0.25) is 0 Å². The summed E-state index contributed by atoms with van der Waals surface area (Å²) in [6.07, 6.45) is 4.85. The Morgan fingerprint density at radius 3 is 3.03 bits per heavy atom. The standard InChI is InChI=1S/C22H24N4O3S2/c1-3-13-4-7-18-14(8-13)9-19(31-18)21-24-25-22(26(21)2)30-11-20(27)23-15-5-6-16-17(10-15)29-12-28-16/h5-6,9-10,13H,3-4,7-8,11-12H2,1-2H3,(H,23,27)/t13-/m1/s1. The Balaban J connectivity index is 1.23. The van der Waals surface area contributed by atoms with Crippen molar-refractivity contribution in [2.45, 2.75) is 37.8 Å². The number of aryl methyl sites for hydroxylation is 1.